The summed E-state index contributed by atoms with van der Waals surface area (Å²) in [6.07, 6.45) is 0. The first kappa shape index (κ1) is 20.9. The van der Waals surface area contributed by atoms with Crippen LogP contribution in [0.1, 0.15) is 41.4 Å². The molecule has 0 fully saturated rings. The van der Waals surface area contributed by atoms with E-state index in [9.17, 15) is 13.2 Å². The molecule has 1 heterocycles. The molecule has 0 bridgehead atoms. The number of sulfonamides is 1. The normalized spacial score (nSPS) is 11.5. The van der Waals surface area contributed by atoms with Gasteiger partial charge in [-0.3, -0.25) is 14.6 Å². The number of nitrogens with one attached hydrogen (secondary N) is 3. The summed E-state index contributed by atoms with van der Waals surface area (Å²) in [4.78, 5) is 12.6. The van der Waals surface area contributed by atoms with Crippen molar-refractivity contribution in [1.82, 2.24) is 10.2 Å². The Bertz CT molecular complexity index is 1160. The third-order valence-electron chi connectivity index (χ3n) is 4.22. The Labute approximate surface area is 174 Å². The van der Waals surface area contributed by atoms with Crippen LogP contribution in [-0.4, -0.2) is 24.5 Å². The molecule has 2 aromatic carbocycles. The number of nitrogens with zero attached hydrogens (tertiary/aromatic N) is 1. The SMILES string of the molecule is Cc1cccc(NS(=O)(=O)c2ccc(Cl)c(C(=O)Nc3cc(C(C)C)[nH]n3)c2)c1. The first-order valence-electron chi connectivity index (χ1n) is 8.91. The highest BCUT2D eigenvalue weighted by Crippen LogP contribution is 2.24. The zero-order valence-corrected chi connectivity index (χ0v) is 17.7. The van der Waals surface area contributed by atoms with Crippen LogP contribution < -0.4 is 10.0 Å². The molecular formula is C20H21ClN4O3S. The summed E-state index contributed by atoms with van der Waals surface area (Å²) in [5.41, 5.74) is 2.25. The molecular weight excluding hydrogens is 412 g/mol. The Morgan fingerprint density at radius 3 is 2.55 bits per heavy atom. The van der Waals surface area contributed by atoms with E-state index in [4.69, 9.17) is 11.6 Å². The molecule has 3 rings (SSSR count). The summed E-state index contributed by atoms with van der Waals surface area (Å²) < 4.78 is 28.0. The van der Waals surface area contributed by atoms with Crippen molar-refractivity contribution in [3.8, 4) is 0 Å². The number of amides is 1. The summed E-state index contributed by atoms with van der Waals surface area (Å²) in [5, 5.41) is 9.64. The first-order chi connectivity index (χ1) is 13.7. The highest BCUT2D eigenvalue weighted by atomic mass is 35.5. The predicted octanol–water partition coefficient (Wildman–Crippen LogP) is 4.55. The van der Waals surface area contributed by atoms with E-state index in [1.807, 2.05) is 26.8 Å². The van der Waals surface area contributed by atoms with Gasteiger partial charge in [0.15, 0.2) is 5.82 Å². The van der Waals surface area contributed by atoms with Crippen LogP contribution >= 0.6 is 11.6 Å². The fourth-order valence-corrected chi connectivity index (χ4v) is 3.93. The van der Waals surface area contributed by atoms with Crippen LogP contribution in [0.4, 0.5) is 11.5 Å². The van der Waals surface area contributed by atoms with E-state index in [0.717, 1.165) is 11.3 Å². The van der Waals surface area contributed by atoms with E-state index in [0.29, 0.717) is 11.5 Å². The van der Waals surface area contributed by atoms with E-state index in [-0.39, 0.29) is 21.4 Å². The molecule has 29 heavy (non-hydrogen) atoms. The van der Waals surface area contributed by atoms with Crippen LogP contribution in [0.5, 0.6) is 0 Å². The Balaban J connectivity index is 1.85. The lowest BCUT2D eigenvalue weighted by atomic mass is 10.1. The third kappa shape index (κ3) is 4.96. The number of hydrogen-bond acceptors (Lipinski definition) is 4. The average molecular weight is 433 g/mol. The summed E-state index contributed by atoms with van der Waals surface area (Å²) >= 11 is 6.14. The van der Waals surface area contributed by atoms with Crippen LogP contribution in [0.15, 0.2) is 53.4 Å². The number of benzene rings is 2. The molecule has 3 N–H and O–H groups in total. The highest BCUT2D eigenvalue weighted by Gasteiger charge is 2.20. The Morgan fingerprint density at radius 2 is 1.90 bits per heavy atom. The molecule has 0 atom stereocenters. The number of halogens is 1. The molecule has 152 valence electrons. The van der Waals surface area contributed by atoms with Crippen LogP contribution in [0.3, 0.4) is 0 Å². The van der Waals surface area contributed by atoms with Gasteiger partial charge in [-0.25, -0.2) is 8.42 Å². The Kier molecular flexibility index (Phi) is 5.95. The predicted molar refractivity (Wildman–Crippen MR) is 114 cm³/mol. The summed E-state index contributed by atoms with van der Waals surface area (Å²) in [6, 6.07) is 12.7. The van der Waals surface area contributed by atoms with Crippen molar-refractivity contribution in [3.63, 3.8) is 0 Å². The molecule has 0 unspecified atom stereocenters. The van der Waals surface area contributed by atoms with Gasteiger partial charge in [-0.2, -0.15) is 5.10 Å². The second kappa shape index (κ2) is 8.26. The zero-order chi connectivity index (χ0) is 21.2. The lowest BCUT2D eigenvalue weighted by Crippen LogP contribution is -2.16. The third-order valence-corrected chi connectivity index (χ3v) is 5.93. The van der Waals surface area contributed by atoms with Gasteiger partial charge in [-0.05, 0) is 48.7 Å². The van der Waals surface area contributed by atoms with Gasteiger partial charge in [0.25, 0.3) is 15.9 Å². The van der Waals surface area contributed by atoms with E-state index >= 15 is 0 Å². The van der Waals surface area contributed by atoms with Gasteiger partial charge < -0.3 is 5.32 Å². The van der Waals surface area contributed by atoms with Gasteiger partial charge in [0.1, 0.15) is 0 Å². The largest absolute Gasteiger partial charge is 0.305 e. The minimum absolute atomic E-state index is 0.0351. The standard InChI is InChI=1S/C20H21ClN4O3S/c1-12(2)18-11-19(24-23-18)22-20(26)16-10-15(7-8-17(16)21)29(27,28)25-14-6-4-5-13(3)9-14/h4-12,25H,1-3H3,(H2,22,23,24,26). The lowest BCUT2D eigenvalue weighted by Gasteiger charge is -2.11. The number of carbonyl (C=O) groups is 1. The lowest BCUT2D eigenvalue weighted by molar-refractivity contribution is 0.102. The summed E-state index contributed by atoms with van der Waals surface area (Å²) in [7, 11) is -3.89. The number of aryl methyl sites for hydroxylation is 1. The van der Waals surface area contributed by atoms with Gasteiger partial charge in [0.05, 0.1) is 15.5 Å². The second-order valence-electron chi connectivity index (χ2n) is 6.93. The molecule has 0 aliphatic rings. The topological polar surface area (TPSA) is 104 Å². The second-order valence-corrected chi connectivity index (χ2v) is 9.02. The molecule has 0 radical (unpaired) electrons. The molecule has 3 aromatic rings. The van der Waals surface area contributed by atoms with Crippen molar-refractivity contribution in [3.05, 3.63) is 70.4 Å². The van der Waals surface area contributed by atoms with Crippen LogP contribution in [-0.2, 0) is 10.0 Å². The van der Waals surface area contributed by atoms with Gasteiger partial charge >= 0.3 is 0 Å². The molecule has 0 saturated carbocycles. The maximum atomic E-state index is 12.7. The van der Waals surface area contributed by atoms with Crippen molar-refractivity contribution in [2.75, 3.05) is 10.0 Å². The molecule has 1 aromatic heterocycles. The Hall–Kier alpha value is -2.84. The number of anilines is 2. The van der Waals surface area contributed by atoms with Gasteiger partial charge in [0, 0.05) is 17.4 Å². The first-order valence-corrected chi connectivity index (χ1v) is 10.8. The zero-order valence-electron chi connectivity index (χ0n) is 16.2. The van der Waals surface area contributed by atoms with Crippen molar-refractivity contribution in [1.29, 1.82) is 0 Å². The number of aromatic amines is 1. The van der Waals surface area contributed by atoms with Crippen molar-refractivity contribution >= 4 is 39.0 Å². The van der Waals surface area contributed by atoms with Gasteiger partial charge in [-0.1, -0.05) is 37.6 Å². The van der Waals surface area contributed by atoms with Crippen molar-refractivity contribution < 1.29 is 13.2 Å². The number of hydrogen-bond donors (Lipinski definition) is 3. The van der Waals surface area contributed by atoms with Crippen LogP contribution in [0.2, 0.25) is 5.02 Å². The molecule has 9 heteroatoms. The summed E-state index contributed by atoms with van der Waals surface area (Å²) in [5.74, 6) is 0.00299. The molecule has 1 amide bonds. The minimum atomic E-state index is -3.89. The molecule has 7 nitrogen and oxygen atoms in total. The molecule has 0 aliphatic heterocycles. The number of rotatable bonds is 6. The number of carbonyl (C=O) groups excluding carboxylic acids is 1. The summed E-state index contributed by atoms with van der Waals surface area (Å²) in [6.45, 7) is 5.85. The molecule has 0 spiro atoms. The van der Waals surface area contributed by atoms with Crippen molar-refractivity contribution in [2.45, 2.75) is 31.6 Å². The number of aromatic nitrogens is 2. The maximum absolute atomic E-state index is 12.7. The van der Waals surface area contributed by atoms with E-state index < -0.39 is 15.9 Å². The van der Waals surface area contributed by atoms with Crippen LogP contribution in [0, 0.1) is 6.92 Å². The van der Waals surface area contributed by atoms with E-state index in [2.05, 4.69) is 20.2 Å². The van der Waals surface area contributed by atoms with Gasteiger partial charge in [-0.15, -0.1) is 0 Å². The maximum Gasteiger partial charge on any atom is 0.261 e. The van der Waals surface area contributed by atoms with Crippen molar-refractivity contribution in [2.24, 2.45) is 0 Å². The van der Waals surface area contributed by atoms with Crippen LogP contribution in [0.25, 0.3) is 0 Å². The fourth-order valence-electron chi connectivity index (χ4n) is 2.65. The quantitative estimate of drug-likeness (QED) is 0.531. The van der Waals surface area contributed by atoms with E-state index in [1.54, 1.807) is 24.3 Å². The smallest absolute Gasteiger partial charge is 0.261 e. The number of H-pyrrole nitrogens is 1. The minimum Gasteiger partial charge on any atom is -0.305 e. The molecule has 0 saturated heterocycles. The van der Waals surface area contributed by atoms with E-state index in [1.165, 1.54) is 18.2 Å². The fraction of sp³-hybridized carbons (Fsp3) is 0.200. The average Bonchev–Trinajstić information content (AvgIpc) is 3.10. The Morgan fingerprint density at radius 1 is 1.14 bits per heavy atom. The van der Waals surface area contributed by atoms with Gasteiger partial charge in [0.2, 0.25) is 0 Å². The highest BCUT2D eigenvalue weighted by molar-refractivity contribution is 7.92. The monoisotopic (exact) mass is 432 g/mol. The molecule has 0 aliphatic carbocycles.